The van der Waals surface area contributed by atoms with Crippen molar-refractivity contribution in [3.63, 3.8) is 0 Å². The molecular formula is C14H19N5O3. The van der Waals surface area contributed by atoms with Gasteiger partial charge in [-0.25, -0.2) is 4.98 Å². The number of nitrogens with zero attached hydrogens (tertiary/aromatic N) is 4. The van der Waals surface area contributed by atoms with E-state index in [0.29, 0.717) is 34.1 Å². The van der Waals surface area contributed by atoms with E-state index < -0.39 is 0 Å². The zero-order chi connectivity index (χ0) is 15.4. The number of morpholine rings is 1. The molecule has 2 heterocycles. The number of hydrogen-bond acceptors (Lipinski definition) is 7. The zero-order valence-corrected chi connectivity index (χ0v) is 12.5. The summed E-state index contributed by atoms with van der Waals surface area (Å²) in [5, 5.41) is 19.0. The standard InChI is InChI=1S/C14H19N5O3/c1-21-11-2-3-12-13(10-11)19(20)17-14(16-12)15-4-5-18-6-8-22-9-7-18/h2-3,10H,4-9H2,1H3,(H,15,16,17). The number of anilines is 1. The fourth-order valence-corrected chi connectivity index (χ4v) is 2.38. The first-order valence-electron chi connectivity index (χ1n) is 7.26. The van der Waals surface area contributed by atoms with Crippen molar-refractivity contribution in [2.45, 2.75) is 0 Å². The summed E-state index contributed by atoms with van der Waals surface area (Å²) in [6, 6.07) is 5.14. The largest absolute Gasteiger partial charge is 0.594 e. The van der Waals surface area contributed by atoms with Crippen LogP contribution in [0.2, 0.25) is 0 Å². The van der Waals surface area contributed by atoms with Gasteiger partial charge in [0.05, 0.1) is 31.5 Å². The summed E-state index contributed by atoms with van der Waals surface area (Å²) in [6.07, 6.45) is 0. The van der Waals surface area contributed by atoms with Gasteiger partial charge in [0.1, 0.15) is 11.3 Å². The Bertz CT molecular complexity index is 646. The lowest BCUT2D eigenvalue weighted by Gasteiger charge is -2.26. The number of benzene rings is 1. The van der Waals surface area contributed by atoms with Gasteiger partial charge in [0, 0.05) is 26.2 Å². The monoisotopic (exact) mass is 305 g/mol. The minimum Gasteiger partial charge on any atom is -0.594 e. The highest BCUT2D eigenvalue weighted by Gasteiger charge is 2.13. The number of methoxy groups -OCH3 is 1. The fraction of sp³-hybridized carbons (Fsp3) is 0.500. The molecular weight excluding hydrogens is 286 g/mol. The van der Waals surface area contributed by atoms with Gasteiger partial charge in [-0.2, -0.15) is 0 Å². The van der Waals surface area contributed by atoms with Crippen LogP contribution < -0.4 is 14.9 Å². The van der Waals surface area contributed by atoms with E-state index in [1.165, 1.54) is 0 Å². The molecule has 2 aromatic rings. The molecule has 0 amide bonds. The molecule has 118 valence electrons. The quantitative estimate of drug-likeness (QED) is 0.615. The van der Waals surface area contributed by atoms with Gasteiger partial charge in [-0.3, -0.25) is 4.90 Å². The average Bonchev–Trinajstić information content (AvgIpc) is 2.56. The Labute approximate surface area is 128 Å². The number of aromatic nitrogens is 3. The van der Waals surface area contributed by atoms with Crippen molar-refractivity contribution in [2.75, 3.05) is 51.8 Å². The van der Waals surface area contributed by atoms with Crippen molar-refractivity contribution in [1.82, 2.24) is 15.0 Å². The smallest absolute Gasteiger partial charge is 0.290 e. The van der Waals surface area contributed by atoms with Crippen LogP contribution in [0.5, 0.6) is 5.75 Å². The summed E-state index contributed by atoms with van der Waals surface area (Å²) in [5.41, 5.74) is 0.970. The van der Waals surface area contributed by atoms with Gasteiger partial charge in [0.15, 0.2) is 0 Å². The van der Waals surface area contributed by atoms with Gasteiger partial charge >= 0.3 is 0 Å². The van der Waals surface area contributed by atoms with Crippen LogP contribution in [0, 0.1) is 5.21 Å². The Hall–Kier alpha value is -2.19. The van der Waals surface area contributed by atoms with Gasteiger partial charge in [-0.1, -0.05) is 0 Å². The molecule has 8 nitrogen and oxygen atoms in total. The van der Waals surface area contributed by atoms with Gasteiger partial charge in [-0.05, 0) is 17.0 Å². The Morgan fingerprint density at radius 2 is 2.23 bits per heavy atom. The van der Waals surface area contributed by atoms with Crippen molar-refractivity contribution < 1.29 is 14.3 Å². The second-order valence-electron chi connectivity index (χ2n) is 5.04. The van der Waals surface area contributed by atoms with E-state index in [0.717, 1.165) is 32.8 Å². The van der Waals surface area contributed by atoms with Gasteiger partial charge in [-0.15, -0.1) is 0 Å². The van der Waals surface area contributed by atoms with Crippen LogP contribution in [0.15, 0.2) is 18.2 Å². The lowest BCUT2D eigenvalue weighted by molar-refractivity contribution is -0.641. The molecule has 0 spiro atoms. The molecule has 1 aliphatic rings. The number of fused-ring (bicyclic) bond motifs is 1. The highest BCUT2D eigenvalue weighted by Crippen LogP contribution is 2.16. The maximum absolute atomic E-state index is 12.0. The van der Waals surface area contributed by atoms with E-state index in [1.807, 2.05) is 0 Å². The van der Waals surface area contributed by atoms with E-state index in [1.54, 1.807) is 25.3 Å². The van der Waals surface area contributed by atoms with Gasteiger partial charge in [0.2, 0.25) is 0 Å². The molecule has 0 saturated carbocycles. The average molecular weight is 305 g/mol. The second kappa shape index (κ2) is 6.71. The molecule has 1 aromatic heterocycles. The number of ether oxygens (including phenoxy) is 2. The molecule has 22 heavy (non-hydrogen) atoms. The van der Waals surface area contributed by atoms with Gasteiger partial charge in [0.25, 0.3) is 11.5 Å². The molecule has 0 radical (unpaired) electrons. The minimum atomic E-state index is 0.334. The maximum atomic E-state index is 12.0. The Balaban J connectivity index is 1.66. The summed E-state index contributed by atoms with van der Waals surface area (Å²) < 4.78 is 10.4. The van der Waals surface area contributed by atoms with Crippen molar-refractivity contribution in [3.05, 3.63) is 23.4 Å². The summed E-state index contributed by atoms with van der Waals surface area (Å²) in [5.74, 6) is 0.939. The molecule has 0 unspecified atom stereocenters. The van der Waals surface area contributed by atoms with Crippen LogP contribution in [-0.4, -0.2) is 61.5 Å². The van der Waals surface area contributed by atoms with E-state index >= 15 is 0 Å². The SMILES string of the molecule is COc1ccc2nc(NCCN3CCOCC3)n[n+]([O-])c2c1. The Morgan fingerprint density at radius 1 is 1.41 bits per heavy atom. The van der Waals surface area contributed by atoms with Crippen LogP contribution in [-0.2, 0) is 4.74 Å². The van der Waals surface area contributed by atoms with Crippen molar-refractivity contribution in [2.24, 2.45) is 0 Å². The second-order valence-corrected chi connectivity index (χ2v) is 5.04. The number of nitrogens with one attached hydrogen (secondary N) is 1. The first kappa shape index (κ1) is 14.7. The first-order chi connectivity index (χ1) is 10.8. The Morgan fingerprint density at radius 3 is 3.00 bits per heavy atom. The predicted octanol–water partition coefficient (Wildman–Crippen LogP) is 0.0159. The van der Waals surface area contributed by atoms with E-state index in [9.17, 15) is 5.21 Å². The molecule has 1 saturated heterocycles. The van der Waals surface area contributed by atoms with Crippen LogP contribution in [0.1, 0.15) is 0 Å². The molecule has 3 rings (SSSR count). The summed E-state index contributed by atoms with van der Waals surface area (Å²) in [6.45, 7) is 4.96. The minimum absolute atomic E-state index is 0.334. The number of rotatable bonds is 5. The van der Waals surface area contributed by atoms with Crippen molar-refractivity contribution in [3.8, 4) is 5.75 Å². The Kier molecular flexibility index (Phi) is 4.50. The van der Waals surface area contributed by atoms with Crippen LogP contribution in [0.25, 0.3) is 11.0 Å². The molecule has 1 aromatic carbocycles. The van der Waals surface area contributed by atoms with E-state index in [-0.39, 0.29) is 0 Å². The van der Waals surface area contributed by atoms with Crippen LogP contribution in [0.3, 0.4) is 0 Å². The molecule has 0 bridgehead atoms. The summed E-state index contributed by atoms with van der Waals surface area (Å²) in [4.78, 5) is 7.22. The van der Waals surface area contributed by atoms with Crippen LogP contribution in [0.4, 0.5) is 5.95 Å². The third kappa shape index (κ3) is 3.34. The lowest BCUT2D eigenvalue weighted by atomic mass is 10.3. The normalized spacial score (nSPS) is 15.9. The fourth-order valence-electron chi connectivity index (χ4n) is 2.38. The molecule has 1 N–H and O–H groups in total. The molecule has 0 atom stereocenters. The number of hydrogen-bond donors (Lipinski definition) is 1. The highest BCUT2D eigenvalue weighted by molar-refractivity contribution is 5.73. The third-order valence-electron chi connectivity index (χ3n) is 3.62. The van der Waals surface area contributed by atoms with Gasteiger partial charge < -0.3 is 20.0 Å². The molecule has 0 aliphatic carbocycles. The molecule has 1 fully saturated rings. The topological polar surface area (TPSA) is 86.5 Å². The third-order valence-corrected chi connectivity index (χ3v) is 3.62. The highest BCUT2D eigenvalue weighted by atomic mass is 16.5. The van der Waals surface area contributed by atoms with E-state index in [4.69, 9.17) is 9.47 Å². The predicted molar refractivity (Wildman–Crippen MR) is 80.8 cm³/mol. The van der Waals surface area contributed by atoms with Crippen molar-refractivity contribution >= 4 is 17.0 Å². The van der Waals surface area contributed by atoms with Crippen LogP contribution >= 0.6 is 0 Å². The van der Waals surface area contributed by atoms with E-state index in [2.05, 4.69) is 20.3 Å². The first-order valence-corrected chi connectivity index (χ1v) is 7.26. The zero-order valence-electron chi connectivity index (χ0n) is 12.5. The molecule has 1 aliphatic heterocycles. The summed E-state index contributed by atoms with van der Waals surface area (Å²) >= 11 is 0. The summed E-state index contributed by atoms with van der Waals surface area (Å²) in [7, 11) is 1.55. The molecule has 8 heteroatoms. The van der Waals surface area contributed by atoms with Crippen molar-refractivity contribution in [1.29, 1.82) is 0 Å². The lowest BCUT2D eigenvalue weighted by Crippen LogP contribution is -2.39. The maximum Gasteiger partial charge on any atom is 0.290 e.